The van der Waals surface area contributed by atoms with E-state index >= 15 is 0 Å². The van der Waals surface area contributed by atoms with Crippen LogP contribution >= 0.6 is 17.0 Å². The summed E-state index contributed by atoms with van der Waals surface area (Å²) in [4.78, 5) is 0. The molecule has 138 valence electrons. The quantitative estimate of drug-likeness (QED) is 0.244. The van der Waals surface area contributed by atoms with E-state index in [1.807, 2.05) is 0 Å². The number of hydrogen-bond acceptors (Lipinski definition) is 0. The van der Waals surface area contributed by atoms with Crippen molar-refractivity contribution in [1.29, 1.82) is 0 Å². The number of hydrogen-bond donors (Lipinski definition) is 0. The Morgan fingerprint density at radius 2 is 1.27 bits per heavy atom. The van der Waals surface area contributed by atoms with E-state index in [2.05, 4.69) is 0 Å². The molecule has 0 saturated carbocycles. The Kier molecular flexibility index (Phi) is 6.92. The molecule has 0 aliphatic heterocycles. The van der Waals surface area contributed by atoms with Gasteiger partial charge in [-0.15, -0.1) is 34.5 Å². The van der Waals surface area contributed by atoms with Gasteiger partial charge in [0, 0.05) is 11.1 Å². The summed E-state index contributed by atoms with van der Waals surface area (Å²) in [6.07, 6.45) is -9.69. The van der Waals surface area contributed by atoms with Crippen molar-refractivity contribution in [2.24, 2.45) is 0 Å². The monoisotopic (exact) mass is 487 g/mol. The molecule has 0 radical (unpaired) electrons. The minimum absolute atomic E-state index is 0.108. The average molecular weight is 489 g/mol. The van der Waals surface area contributed by atoms with Gasteiger partial charge in [-0.25, -0.2) is 0 Å². The van der Waals surface area contributed by atoms with Crippen molar-refractivity contribution < 1.29 is 47.2 Å². The van der Waals surface area contributed by atoms with Crippen molar-refractivity contribution in [2.45, 2.75) is 12.4 Å². The number of halogens is 8. The molecule has 0 N–H and O–H groups in total. The second kappa shape index (κ2) is 8.41. The van der Waals surface area contributed by atoms with Crippen molar-refractivity contribution >= 4 is 27.8 Å². The van der Waals surface area contributed by atoms with E-state index in [0.29, 0.717) is 5.56 Å². The molecule has 3 rings (SSSR count). The zero-order valence-electron chi connectivity index (χ0n) is 12.7. The molecule has 0 spiro atoms. The summed E-state index contributed by atoms with van der Waals surface area (Å²) < 4.78 is 77.3. The van der Waals surface area contributed by atoms with E-state index in [4.69, 9.17) is 17.0 Å². The van der Waals surface area contributed by atoms with Crippen LogP contribution in [0.15, 0.2) is 54.6 Å². The molecule has 0 unspecified atom stereocenters. The summed E-state index contributed by atoms with van der Waals surface area (Å²) in [6, 6.07) is 11.8. The molecule has 0 saturated heterocycles. The molecule has 9 heteroatoms. The Hall–Kier alpha value is -0.907. The first-order valence-corrected chi connectivity index (χ1v) is 13.3. The molecular weight excluding hydrogens is 480 g/mol. The predicted molar refractivity (Wildman–Crippen MR) is 86.7 cm³/mol. The first-order chi connectivity index (χ1) is 12.1. The van der Waals surface area contributed by atoms with Crippen LogP contribution in [0.2, 0.25) is 0 Å². The Labute approximate surface area is 163 Å². The normalized spacial score (nSPS) is 11.8. The van der Waals surface area contributed by atoms with Crippen LogP contribution in [0.3, 0.4) is 0 Å². The predicted octanol–water partition coefficient (Wildman–Crippen LogP) is 7.64. The summed E-state index contributed by atoms with van der Waals surface area (Å²) in [5.41, 5.74) is -2.41. The van der Waals surface area contributed by atoms with Gasteiger partial charge in [0.2, 0.25) is 0 Å². The van der Waals surface area contributed by atoms with Crippen LogP contribution in [0.4, 0.5) is 26.3 Å². The summed E-state index contributed by atoms with van der Waals surface area (Å²) in [7, 11) is 9.87. The van der Waals surface area contributed by atoms with Gasteiger partial charge in [-0.1, -0.05) is 35.9 Å². The van der Waals surface area contributed by atoms with Gasteiger partial charge in [0.15, 0.2) is 0 Å². The Morgan fingerprint density at radius 3 is 1.73 bits per heavy atom. The summed E-state index contributed by atoms with van der Waals surface area (Å²) >= 11 is -0.826. The van der Waals surface area contributed by atoms with E-state index < -0.39 is 44.3 Å². The molecule has 3 aromatic rings. The van der Waals surface area contributed by atoms with E-state index in [-0.39, 0.29) is 11.6 Å². The third-order valence-corrected chi connectivity index (χ3v) is 3.54. The van der Waals surface area contributed by atoms with Crippen molar-refractivity contribution in [1.82, 2.24) is 0 Å². The molecule has 0 amide bonds. The zero-order chi connectivity index (χ0) is 19.5. The van der Waals surface area contributed by atoms with Crippen molar-refractivity contribution in [3.05, 3.63) is 65.7 Å². The number of benzene rings is 2. The summed E-state index contributed by atoms with van der Waals surface area (Å²) in [6.45, 7) is 0. The summed E-state index contributed by atoms with van der Waals surface area (Å²) in [5.74, 6) is 0. The standard InChI is InChI=1S/C17H9F6.2ClH.Zr/c18-16(19,20)14-7-13(8-15(9-14)17(21,22)23)12-5-10-3-1-2-4-11(10)6-12;;;/h1-9H;2*1H;/q-1;;;+2/p-2. The fourth-order valence-corrected chi connectivity index (χ4v) is 2.44. The third kappa shape index (κ3) is 5.31. The van der Waals surface area contributed by atoms with Crippen molar-refractivity contribution in [3.63, 3.8) is 0 Å². The fraction of sp³-hybridized carbons (Fsp3) is 0.118. The molecule has 26 heavy (non-hydrogen) atoms. The molecule has 3 aromatic carbocycles. The van der Waals surface area contributed by atoms with Gasteiger partial charge in [0.25, 0.3) is 0 Å². The molecule has 0 aliphatic carbocycles. The van der Waals surface area contributed by atoms with E-state index in [1.54, 1.807) is 36.4 Å². The molecule has 0 bridgehead atoms. The Morgan fingerprint density at radius 1 is 0.769 bits per heavy atom. The second-order valence-electron chi connectivity index (χ2n) is 5.24. The average Bonchev–Trinajstić information content (AvgIpc) is 2.97. The Balaban J connectivity index is 0.000000758. The SMILES string of the molecule is FC(F)(F)c1cc(-c2cc3ccccc3[cH-]2)cc(C(F)(F)F)c1.[Cl][Zr][Cl]. The van der Waals surface area contributed by atoms with Crippen LogP contribution in [0.1, 0.15) is 11.1 Å². The molecule has 0 heterocycles. The maximum atomic E-state index is 12.9. The van der Waals surface area contributed by atoms with Gasteiger partial charge in [-0.3, -0.25) is 0 Å². The summed E-state index contributed by atoms with van der Waals surface area (Å²) in [5, 5.41) is 1.52. The fourth-order valence-electron chi connectivity index (χ4n) is 2.44. The minimum atomic E-state index is -4.85. The number of rotatable bonds is 1. The van der Waals surface area contributed by atoms with Crippen LogP contribution in [0.5, 0.6) is 0 Å². The van der Waals surface area contributed by atoms with Gasteiger partial charge < -0.3 is 0 Å². The molecular formula is C17H9Cl2F6Zr-. The number of alkyl halides is 6. The maximum absolute atomic E-state index is 12.9. The van der Waals surface area contributed by atoms with Crippen LogP contribution in [-0.2, 0) is 33.2 Å². The molecule has 0 atom stereocenters. The van der Waals surface area contributed by atoms with Crippen molar-refractivity contribution in [2.75, 3.05) is 0 Å². The first-order valence-electron chi connectivity index (χ1n) is 6.98. The van der Waals surface area contributed by atoms with E-state index in [1.165, 1.54) is 0 Å². The molecule has 0 aliphatic rings. The zero-order valence-corrected chi connectivity index (χ0v) is 16.7. The van der Waals surface area contributed by atoms with E-state index in [9.17, 15) is 26.3 Å². The van der Waals surface area contributed by atoms with Crippen LogP contribution in [-0.4, -0.2) is 0 Å². The van der Waals surface area contributed by atoms with Crippen LogP contribution in [0, 0.1) is 0 Å². The number of fused-ring (bicyclic) bond motifs is 1. The topological polar surface area (TPSA) is 0 Å². The van der Waals surface area contributed by atoms with Gasteiger partial charge in [-0.2, -0.15) is 26.3 Å². The van der Waals surface area contributed by atoms with Gasteiger partial charge in [-0.05, 0) is 6.07 Å². The van der Waals surface area contributed by atoms with Crippen LogP contribution < -0.4 is 0 Å². The third-order valence-electron chi connectivity index (χ3n) is 3.54. The van der Waals surface area contributed by atoms with Gasteiger partial charge >= 0.3 is 50.2 Å². The molecule has 0 fully saturated rings. The van der Waals surface area contributed by atoms with Gasteiger partial charge in [0.1, 0.15) is 0 Å². The first kappa shape index (κ1) is 21.4. The second-order valence-corrected chi connectivity index (χ2v) is 8.97. The van der Waals surface area contributed by atoms with Crippen molar-refractivity contribution in [3.8, 4) is 11.1 Å². The Bertz CT molecular complexity index is 818. The van der Waals surface area contributed by atoms with Gasteiger partial charge in [0.05, 0.1) is 0 Å². The van der Waals surface area contributed by atoms with E-state index in [0.717, 1.165) is 22.9 Å². The molecule has 0 aromatic heterocycles. The molecule has 0 nitrogen and oxygen atoms in total. The van der Waals surface area contributed by atoms with Crippen LogP contribution in [0.25, 0.3) is 21.9 Å².